The third-order valence-electron chi connectivity index (χ3n) is 6.02. The fourth-order valence-electron chi connectivity index (χ4n) is 3.94. The molecule has 19 heteroatoms. The lowest BCUT2D eigenvalue weighted by atomic mass is 10.0. The molecule has 3 aromatic rings. The summed E-state index contributed by atoms with van der Waals surface area (Å²) in [4.78, 5) is 46.5. The molecule has 0 saturated heterocycles. The van der Waals surface area contributed by atoms with Crippen molar-refractivity contribution in [2.45, 2.75) is 52.5 Å². The number of nitrogens with one attached hydrogen (secondary N) is 2. The number of nitrogens with zero attached hydrogens (tertiary/aromatic N) is 1. The van der Waals surface area contributed by atoms with E-state index < -0.39 is 30.2 Å². The van der Waals surface area contributed by atoms with Gasteiger partial charge < -0.3 is 41.8 Å². The first-order valence-electron chi connectivity index (χ1n) is 14.3. The quantitative estimate of drug-likeness (QED) is 0.142. The Labute approximate surface area is 275 Å². The number of aromatic nitrogens is 1. The van der Waals surface area contributed by atoms with E-state index in [4.69, 9.17) is 40.7 Å². The Kier molecular flexibility index (Phi) is 16.1. The van der Waals surface area contributed by atoms with Gasteiger partial charge in [-0.05, 0) is 43.5 Å². The molecule has 0 fully saturated rings. The second-order valence-electron chi connectivity index (χ2n) is 9.44. The maximum Gasteiger partial charge on any atom is 0.490 e. The Morgan fingerprint density at radius 3 is 1.88 bits per heavy atom. The van der Waals surface area contributed by atoms with E-state index in [1.54, 1.807) is 6.07 Å². The van der Waals surface area contributed by atoms with Crippen molar-refractivity contribution in [1.82, 2.24) is 10.3 Å². The van der Waals surface area contributed by atoms with Gasteiger partial charge in [-0.1, -0.05) is 19.1 Å². The third-order valence-corrected chi connectivity index (χ3v) is 6.02. The zero-order valence-corrected chi connectivity index (χ0v) is 26.4. The molecule has 0 aliphatic carbocycles. The molecule has 2 aromatic carbocycles. The van der Waals surface area contributed by atoms with Crippen molar-refractivity contribution in [2.75, 3.05) is 25.1 Å². The average Bonchev–Trinajstić information content (AvgIpc) is 3.00. The zero-order valence-electron chi connectivity index (χ0n) is 26.4. The van der Waals surface area contributed by atoms with Crippen LogP contribution in [0.25, 0.3) is 10.9 Å². The van der Waals surface area contributed by atoms with Crippen LogP contribution in [0.1, 0.15) is 48.7 Å². The van der Waals surface area contributed by atoms with Crippen LogP contribution in [0.3, 0.4) is 0 Å². The van der Waals surface area contributed by atoms with Crippen LogP contribution < -0.4 is 31.6 Å². The Morgan fingerprint density at radius 1 is 0.898 bits per heavy atom. The number of primary amides is 1. The van der Waals surface area contributed by atoms with E-state index in [9.17, 15) is 35.9 Å². The lowest BCUT2D eigenvalue weighted by molar-refractivity contribution is -0.193. The number of fused-ring (bicyclic) bond motifs is 1. The van der Waals surface area contributed by atoms with Crippen LogP contribution in [0.5, 0.6) is 11.5 Å². The third kappa shape index (κ3) is 13.0. The molecule has 49 heavy (non-hydrogen) atoms. The SMILES string of the molecule is CCOc1cc2ncc(C(N)=O)c(Nc3cccc(CNC(=O)CCN)c3CC)c2cc1OCC.O=C(O)C(F)(F)F.O=C(O)C(F)(F)F. The fourth-order valence-corrected chi connectivity index (χ4v) is 3.94. The second kappa shape index (κ2) is 18.9. The molecule has 0 bridgehead atoms. The number of hydrogen-bond acceptors (Lipinski definition) is 9. The Morgan fingerprint density at radius 2 is 1.43 bits per heavy atom. The van der Waals surface area contributed by atoms with Crippen molar-refractivity contribution >= 4 is 46.0 Å². The summed E-state index contributed by atoms with van der Waals surface area (Å²) >= 11 is 0. The van der Waals surface area contributed by atoms with Crippen LogP contribution in [0.2, 0.25) is 0 Å². The normalized spacial score (nSPS) is 10.9. The first kappa shape index (κ1) is 41.7. The van der Waals surface area contributed by atoms with Crippen LogP contribution in [0.4, 0.5) is 37.7 Å². The summed E-state index contributed by atoms with van der Waals surface area (Å²) < 4.78 is 75.0. The highest BCUT2D eigenvalue weighted by molar-refractivity contribution is 6.08. The lowest BCUT2D eigenvalue weighted by Gasteiger charge is -2.19. The molecule has 270 valence electrons. The van der Waals surface area contributed by atoms with Crippen molar-refractivity contribution in [2.24, 2.45) is 11.5 Å². The van der Waals surface area contributed by atoms with Gasteiger partial charge in [-0.3, -0.25) is 14.6 Å². The van der Waals surface area contributed by atoms with Crippen LogP contribution in [0, 0.1) is 0 Å². The number of rotatable bonds is 12. The minimum Gasteiger partial charge on any atom is -0.490 e. The van der Waals surface area contributed by atoms with Crippen LogP contribution in [-0.4, -0.2) is 71.1 Å². The number of alkyl halides is 6. The predicted molar refractivity (Wildman–Crippen MR) is 165 cm³/mol. The summed E-state index contributed by atoms with van der Waals surface area (Å²) in [7, 11) is 0. The molecule has 1 aromatic heterocycles. The lowest BCUT2D eigenvalue weighted by Crippen LogP contribution is -2.25. The number of benzene rings is 2. The van der Waals surface area contributed by atoms with E-state index in [2.05, 4.69) is 15.6 Å². The number of carboxylic acids is 2. The summed E-state index contributed by atoms with van der Waals surface area (Å²) in [6, 6.07) is 9.41. The first-order chi connectivity index (χ1) is 22.8. The Bertz CT molecular complexity index is 1590. The van der Waals surface area contributed by atoms with Gasteiger partial charge in [-0.2, -0.15) is 26.3 Å². The number of nitrogens with two attached hydrogens (primary N) is 2. The van der Waals surface area contributed by atoms with Gasteiger partial charge in [-0.25, -0.2) is 9.59 Å². The van der Waals surface area contributed by atoms with Crippen molar-refractivity contribution in [1.29, 1.82) is 0 Å². The second-order valence-corrected chi connectivity index (χ2v) is 9.44. The molecule has 2 amide bonds. The smallest absolute Gasteiger partial charge is 0.490 e. The number of amides is 2. The number of aliphatic carboxylic acids is 2. The maximum atomic E-state index is 12.3. The first-order valence-corrected chi connectivity index (χ1v) is 14.3. The topological polar surface area (TPSA) is 216 Å². The number of halogens is 6. The molecule has 8 N–H and O–H groups in total. The van der Waals surface area contributed by atoms with Gasteiger partial charge in [-0.15, -0.1) is 0 Å². The predicted octanol–water partition coefficient (Wildman–Crippen LogP) is 4.67. The van der Waals surface area contributed by atoms with Crippen molar-refractivity contribution < 1.29 is 65.2 Å². The molecule has 1 heterocycles. The van der Waals surface area contributed by atoms with E-state index in [1.807, 2.05) is 45.0 Å². The largest absolute Gasteiger partial charge is 0.490 e. The summed E-state index contributed by atoms with van der Waals surface area (Å²) in [6.07, 6.45) is -7.72. The van der Waals surface area contributed by atoms with Crippen molar-refractivity contribution in [3.05, 3.63) is 53.2 Å². The summed E-state index contributed by atoms with van der Waals surface area (Å²) in [6.45, 7) is 7.43. The van der Waals surface area contributed by atoms with E-state index in [0.29, 0.717) is 60.8 Å². The monoisotopic (exact) mass is 707 g/mol. The average molecular weight is 708 g/mol. The summed E-state index contributed by atoms with van der Waals surface area (Å²) in [5.74, 6) is -5.08. The molecule has 0 atom stereocenters. The van der Waals surface area contributed by atoms with Gasteiger partial charge in [0.1, 0.15) is 0 Å². The van der Waals surface area contributed by atoms with E-state index in [-0.39, 0.29) is 17.9 Å². The molecule has 0 unspecified atom stereocenters. The highest BCUT2D eigenvalue weighted by Crippen LogP contribution is 2.38. The molecule has 3 rings (SSSR count). The number of hydrogen-bond donors (Lipinski definition) is 6. The van der Waals surface area contributed by atoms with Gasteiger partial charge >= 0.3 is 24.3 Å². The highest BCUT2D eigenvalue weighted by Gasteiger charge is 2.38. The minimum atomic E-state index is -5.08. The standard InChI is InChI=1S/C26H33N5O4.2C2HF3O2/c1-4-17-16(14-30-24(32)10-11-27)8-7-9-20(17)31-25-18-12-22(34-5-2)23(35-6-3)13-21(18)29-15-19(25)26(28)33;2*3-2(4,5)1(6)7/h7-9,12-13,15H,4-6,10-11,14,27H2,1-3H3,(H2,28,33)(H,29,31)(H,30,32);2*(H,6,7). The molecule has 13 nitrogen and oxygen atoms in total. The van der Waals surface area contributed by atoms with Crippen molar-refractivity contribution in [3.8, 4) is 11.5 Å². The highest BCUT2D eigenvalue weighted by atomic mass is 19.4. The van der Waals surface area contributed by atoms with Gasteiger partial charge in [0.15, 0.2) is 11.5 Å². The number of carboxylic acid groups (broad SMARTS) is 2. The van der Waals surface area contributed by atoms with Crippen LogP contribution in [-0.2, 0) is 27.3 Å². The van der Waals surface area contributed by atoms with Gasteiger partial charge in [0.05, 0.1) is 30.0 Å². The van der Waals surface area contributed by atoms with Crippen LogP contribution >= 0.6 is 0 Å². The molecular formula is C30H35F6N5O8. The molecule has 0 aliphatic heterocycles. The van der Waals surface area contributed by atoms with E-state index in [0.717, 1.165) is 16.8 Å². The van der Waals surface area contributed by atoms with Crippen molar-refractivity contribution in [3.63, 3.8) is 0 Å². The molecule has 0 saturated carbocycles. The van der Waals surface area contributed by atoms with Crippen LogP contribution in [0.15, 0.2) is 36.5 Å². The van der Waals surface area contributed by atoms with Gasteiger partial charge in [0.2, 0.25) is 5.91 Å². The zero-order chi connectivity index (χ0) is 37.5. The summed E-state index contributed by atoms with van der Waals surface area (Å²) in [5, 5.41) is 21.3. The van der Waals surface area contributed by atoms with Gasteiger partial charge in [0.25, 0.3) is 5.91 Å². The number of ether oxygens (including phenoxy) is 2. The molecular weight excluding hydrogens is 672 g/mol. The van der Waals surface area contributed by atoms with E-state index in [1.165, 1.54) is 6.20 Å². The van der Waals surface area contributed by atoms with E-state index >= 15 is 0 Å². The Balaban J connectivity index is 0.000000717. The Hall–Kier alpha value is -5.33. The minimum absolute atomic E-state index is 0.0994. The fraction of sp³-hybridized carbons (Fsp3) is 0.367. The van der Waals surface area contributed by atoms with Gasteiger partial charge in [0, 0.05) is 42.8 Å². The maximum absolute atomic E-state index is 12.3. The molecule has 0 radical (unpaired) electrons. The molecule has 0 spiro atoms. The summed E-state index contributed by atoms with van der Waals surface area (Å²) in [5.41, 5.74) is 15.4. The number of carbonyl (C=O) groups excluding carboxylic acids is 2. The molecule has 0 aliphatic rings. The number of carbonyl (C=O) groups is 4. The number of pyridine rings is 1. The number of anilines is 2.